The molecule has 0 aliphatic heterocycles. The molecule has 0 radical (unpaired) electrons. The number of hydrogen-bond donors (Lipinski definition) is 0. The lowest BCUT2D eigenvalue weighted by Crippen LogP contribution is -1.97. The van der Waals surface area contributed by atoms with Crippen LogP contribution in [0.5, 0.6) is 0 Å². The largest absolute Gasteiger partial charge is 0.230 e. The summed E-state index contributed by atoms with van der Waals surface area (Å²) >= 11 is 17.4. The smallest absolute Gasteiger partial charge is 0.181 e. The van der Waals surface area contributed by atoms with Crippen LogP contribution in [0.4, 0.5) is 4.39 Å². The fourth-order valence-electron chi connectivity index (χ4n) is 1.34. The normalized spacial score (nSPS) is 10.6. The third kappa shape index (κ3) is 2.68. The minimum absolute atomic E-state index is 0.177. The van der Waals surface area contributed by atoms with E-state index in [9.17, 15) is 4.39 Å². The molecule has 0 saturated carbocycles. The molecular formula is C11H6Cl3FN2. The van der Waals surface area contributed by atoms with E-state index in [4.69, 9.17) is 34.8 Å². The first-order chi connectivity index (χ1) is 7.97. The maximum Gasteiger partial charge on any atom is 0.181 e. The monoisotopic (exact) mass is 290 g/mol. The molecule has 0 N–H and O–H groups in total. The highest BCUT2D eigenvalue weighted by molar-refractivity contribution is 6.35. The third-order valence-electron chi connectivity index (χ3n) is 2.10. The number of nitrogens with zero attached hydrogens (tertiary/aromatic N) is 2. The molecule has 0 unspecified atom stereocenters. The summed E-state index contributed by atoms with van der Waals surface area (Å²) in [7, 11) is 0. The van der Waals surface area contributed by atoms with Gasteiger partial charge in [0.05, 0.1) is 5.69 Å². The Kier molecular flexibility index (Phi) is 3.52. The Morgan fingerprint density at radius 2 is 1.59 bits per heavy atom. The van der Waals surface area contributed by atoms with Crippen molar-refractivity contribution in [1.82, 2.24) is 9.97 Å². The van der Waals surface area contributed by atoms with Gasteiger partial charge in [-0.25, -0.2) is 14.4 Å². The fourth-order valence-corrected chi connectivity index (χ4v) is 2.08. The van der Waals surface area contributed by atoms with Crippen molar-refractivity contribution in [3.8, 4) is 11.4 Å². The predicted molar refractivity (Wildman–Crippen MR) is 67.2 cm³/mol. The highest BCUT2D eigenvalue weighted by Crippen LogP contribution is 2.26. The average molecular weight is 292 g/mol. The Morgan fingerprint density at radius 3 is 2.12 bits per heavy atom. The van der Waals surface area contributed by atoms with Gasteiger partial charge >= 0.3 is 0 Å². The molecule has 2 rings (SSSR count). The van der Waals surface area contributed by atoms with Gasteiger partial charge < -0.3 is 0 Å². The molecule has 17 heavy (non-hydrogen) atoms. The summed E-state index contributed by atoms with van der Waals surface area (Å²) in [5.74, 6) is -0.332. The van der Waals surface area contributed by atoms with Gasteiger partial charge in [0.1, 0.15) is 0 Å². The lowest BCUT2D eigenvalue weighted by molar-refractivity contribution is 0.603. The maximum absolute atomic E-state index is 13.3. The van der Waals surface area contributed by atoms with Gasteiger partial charge in [-0.05, 0) is 25.1 Å². The molecule has 1 heterocycles. The van der Waals surface area contributed by atoms with E-state index in [1.54, 1.807) is 18.2 Å². The number of benzene rings is 1. The molecule has 88 valence electrons. The minimum atomic E-state index is -0.622. The summed E-state index contributed by atoms with van der Waals surface area (Å²) in [5, 5.41) is 0.687. The van der Waals surface area contributed by atoms with E-state index in [1.807, 2.05) is 0 Å². The minimum Gasteiger partial charge on any atom is -0.230 e. The average Bonchev–Trinajstić information content (AvgIpc) is 2.23. The summed E-state index contributed by atoms with van der Waals surface area (Å²) in [6.07, 6.45) is 0. The summed E-state index contributed by atoms with van der Waals surface area (Å²) in [6.45, 7) is 1.51. The van der Waals surface area contributed by atoms with E-state index in [1.165, 1.54) is 6.92 Å². The summed E-state index contributed by atoms with van der Waals surface area (Å²) in [5.41, 5.74) is 0.767. The van der Waals surface area contributed by atoms with Crippen LogP contribution in [0.2, 0.25) is 15.2 Å². The van der Waals surface area contributed by atoms with Crippen molar-refractivity contribution in [1.29, 1.82) is 0 Å². The Labute approximate surface area is 112 Å². The van der Waals surface area contributed by atoms with Gasteiger partial charge in [0.25, 0.3) is 0 Å². The molecular weight excluding hydrogens is 285 g/mol. The van der Waals surface area contributed by atoms with Crippen LogP contribution < -0.4 is 0 Å². The number of rotatable bonds is 1. The van der Waals surface area contributed by atoms with E-state index < -0.39 is 5.82 Å². The zero-order valence-electron chi connectivity index (χ0n) is 8.64. The van der Waals surface area contributed by atoms with E-state index in [0.717, 1.165) is 0 Å². The van der Waals surface area contributed by atoms with E-state index in [0.29, 0.717) is 21.4 Å². The molecule has 0 amide bonds. The Balaban J connectivity index is 2.60. The van der Waals surface area contributed by atoms with Gasteiger partial charge in [0.2, 0.25) is 0 Å². The fraction of sp³-hybridized carbons (Fsp3) is 0.0909. The van der Waals surface area contributed by atoms with Crippen LogP contribution in [0.15, 0.2) is 18.2 Å². The molecule has 0 bridgehead atoms. The van der Waals surface area contributed by atoms with Crippen molar-refractivity contribution in [3.05, 3.63) is 44.9 Å². The van der Waals surface area contributed by atoms with Gasteiger partial charge in [0, 0.05) is 15.6 Å². The van der Waals surface area contributed by atoms with E-state index in [2.05, 4.69) is 9.97 Å². The van der Waals surface area contributed by atoms with Crippen molar-refractivity contribution in [2.75, 3.05) is 0 Å². The summed E-state index contributed by atoms with van der Waals surface area (Å²) in [6, 6.07) is 4.86. The molecule has 1 aromatic heterocycles. The number of aromatic nitrogens is 2. The van der Waals surface area contributed by atoms with Crippen molar-refractivity contribution in [2.24, 2.45) is 0 Å². The van der Waals surface area contributed by atoms with Gasteiger partial charge in [-0.1, -0.05) is 34.8 Å². The van der Waals surface area contributed by atoms with E-state index >= 15 is 0 Å². The van der Waals surface area contributed by atoms with Crippen LogP contribution in [-0.4, -0.2) is 9.97 Å². The van der Waals surface area contributed by atoms with Gasteiger partial charge in [-0.15, -0.1) is 0 Å². The Hall–Kier alpha value is -0.900. The van der Waals surface area contributed by atoms with Crippen LogP contribution in [0.3, 0.4) is 0 Å². The number of aryl methyl sites for hydroxylation is 1. The second kappa shape index (κ2) is 4.77. The second-order valence-corrected chi connectivity index (χ2v) is 4.63. The van der Waals surface area contributed by atoms with Gasteiger partial charge in [-0.2, -0.15) is 0 Å². The first kappa shape index (κ1) is 12.6. The summed E-state index contributed by atoms with van der Waals surface area (Å²) in [4.78, 5) is 7.85. The zero-order chi connectivity index (χ0) is 12.6. The zero-order valence-corrected chi connectivity index (χ0v) is 10.9. The molecule has 0 aliphatic rings. The van der Waals surface area contributed by atoms with Crippen LogP contribution in [0.1, 0.15) is 5.69 Å². The topological polar surface area (TPSA) is 25.8 Å². The second-order valence-electron chi connectivity index (χ2n) is 3.40. The number of halogens is 4. The lowest BCUT2D eigenvalue weighted by Gasteiger charge is -2.05. The maximum atomic E-state index is 13.3. The molecule has 2 nitrogen and oxygen atoms in total. The first-order valence-electron chi connectivity index (χ1n) is 4.63. The van der Waals surface area contributed by atoms with Crippen molar-refractivity contribution >= 4 is 34.8 Å². The molecule has 0 saturated heterocycles. The Bertz CT molecular complexity index is 544. The molecule has 6 heteroatoms. The van der Waals surface area contributed by atoms with Crippen LogP contribution in [0.25, 0.3) is 11.4 Å². The first-order valence-corrected chi connectivity index (χ1v) is 5.77. The van der Waals surface area contributed by atoms with Crippen molar-refractivity contribution < 1.29 is 4.39 Å². The highest BCUT2D eigenvalue weighted by atomic mass is 35.5. The standard InChI is InChI=1S/C11H6Cl3FN2/c1-5-9(15)10(14)17-11(16-5)6-2-7(12)4-8(13)3-6/h2-4H,1H3. The van der Waals surface area contributed by atoms with Crippen LogP contribution in [-0.2, 0) is 0 Å². The third-order valence-corrected chi connectivity index (χ3v) is 2.78. The van der Waals surface area contributed by atoms with Crippen molar-refractivity contribution in [2.45, 2.75) is 6.92 Å². The highest BCUT2D eigenvalue weighted by Gasteiger charge is 2.11. The molecule has 0 atom stereocenters. The van der Waals surface area contributed by atoms with Crippen molar-refractivity contribution in [3.63, 3.8) is 0 Å². The Morgan fingerprint density at radius 1 is 1.00 bits per heavy atom. The van der Waals surface area contributed by atoms with Gasteiger partial charge in [-0.3, -0.25) is 0 Å². The van der Waals surface area contributed by atoms with Crippen LogP contribution >= 0.6 is 34.8 Å². The quantitative estimate of drug-likeness (QED) is 0.720. The number of hydrogen-bond acceptors (Lipinski definition) is 2. The van der Waals surface area contributed by atoms with Gasteiger partial charge in [0.15, 0.2) is 16.8 Å². The molecule has 0 fully saturated rings. The summed E-state index contributed by atoms with van der Waals surface area (Å²) < 4.78 is 13.3. The molecule has 0 spiro atoms. The molecule has 1 aromatic carbocycles. The SMILES string of the molecule is Cc1nc(-c2cc(Cl)cc(Cl)c2)nc(Cl)c1F. The van der Waals surface area contributed by atoms with E-state index in [-0.39, 0.29) is 10.8 Å². The van der Waals surface area contributed by atoms with Crippen LogP contribution in [0, 0.1) is 12.7 Å². The molecule has 2 aromatic rings. The lowest BCUT2D eigenvalue weighted by atomic mass is 10.2. The predicted octanol–water partition coefficient (Wildman–Crippen LogP) is 4.55. The molecule has 0 aliphatic carbocycles.